The van der Waals surface area contributed by atoms with Crippen molar-refractivity contribution in [3.05, 3.63) is 11.6 Å². The van der Waals surface area contributed by atoms with Gasteiger partial charge in [-0.3, -0.25) is 9.59 Å². The van der Waals surface area contributed by atoms with Crippen LogP contribution >= 0.6 is 0 Å². The van der Waals surface area contributed by atoms with Crippen LogP contribution in [-0.4, -0.2) is 11.6 Å². The summed E-state index contributed by atoms with van der Waals surface area (Å²) in [7, 11) is 0. The van der Waals surface area contributed by atoms with E-state index in [9.17, 15) is 9.59 Å². The van der Waals surface area contributed by atoms with E-state index in [0.717, 1.165) is 12.0 Å². The van der Waals surface area contributed by atoms with Crippen LogP contribution in [0.3, 0.4) is 0 Å². The Morgan fingerprint density at radius 1 is 1.42 bits per heavy atom. The Balaban J connectivity index is 2.15. The van der Waals surface area contributed by atoms with Crippen LogP contribution in [0.25, 0.3) is 0 Å². The minimum Gasteiger partial charge on any atom is -0.300 e. The molecule has 0 aromatic carbocycles. The second-order valence-electron chi connectivity index (χ2n) is 3.82. The highest BCUT2D eigenvalue weighted by Crippen LogP contribution is 2.41. The highest BCUT2D eigenvalue weighted by atomic mass is 16.1. The van der Waals surface area contributed by atoms with Crippen LogP contribution in [0, 0.1) is 11.8 Å². The Kier molecular flexibility index (Phi) is 1.63. The third-order valence-corrected chi connectivity index (χ3v) is 2.91. The quantitative estimate of drug-likeness (QED) is 0.588. The molecule has 0 aromatic rings. The molecule has 2 aliphatic rings. The summed E-state index contributed by atoms with van der Waals surface area (Å²) < 4.78 is 0. The molecule has 1 fully saturated rings. The first kappa shape index (κ1) is 7.71. The monoisotopic (exact) mass is 164 g/mol. The molecule has 0 aromatic heterocycles. The summed E-state index contributed by atoms with van der Waals surface area (Å²) >= 11 is 0. The molecule has 2 heteroatoms. The number of allylic oxidation sites excluding steroid dienone is 2. The fraction of sp³-hybridized carbons (Fsp3) is 0.600. The van der Waals surface area contributed by atoms with Crippen molar-refractivity contribution in [2.45, 2.75) is 26.2 Å². The minimum atomic E-state index is 0.178. The molecule has 0 bridgehead atoms. The van der Waals surface area contributed by atoms with E-state index in [2.05, 4.69) is 0 Å². The van der Waals surface area contributed by atoms with Crippen LogP contribution in [0.2, 0.25) is 0 Å². The van der Waals surface area contributed by atoms with Crippen LogP contribution < -0.4 is 0 Å². The number of hydrogen-bond donors (Lipinski definition) is 0. The van der Waals surface area contributed by atoms with Crippen LogP contribution in [0.1, 0.15) is 26.2 Å². The zero-order valence-electron chi connectivity index (χ0n) is 7.17. The molecular weight excluding hydrogens is 152 g/mol. The third-order valence-electron chi connectivity index (χ3n) is 2.91. The second-order valence-corrected chi connectivity index (χ2v) is 3.82. The van der Waals surface area contributed by atoms with Crippen LogP contribution in [-0.2, 0) is 9.59 Å². The molecule has 1 saturated carbocycles. The Bertz CT molecular complexity index is 276. The smallest absolute Gasteiger partial charge is 0.155 e. The number of ketones is 2. The van der Waals surface area contributed by atoms with Gasteiger partial charge >= 0.3 is 0 Å². The van der Waals surface area contributed by atoms with Crippen LogP contribution in [0.5, 0.6) is 0 Å². The van der Waals surface area contributed by atoms with Gasteiger partial charge in [-0.1, -0.05) is 6.08 Å². The fourth-order valence-electron chi connectivity index (χ4n) is 2.25. The maximum atomic E-state index is 11.0. The summed E-state index contributed by atoms with van der Waals surface area (Å²) in [6, 6.07) is 0. The number of carbonyl (C=O) groups is 2. The van der Waals surface area contributed by atoms with Gasteiger partial charge in [0.05, 0.1) is 0 Å². The van der Waals surface area contributed by atoms with Crippen molar-refractivity contribution >= 4 is 11.6 Å². The average molecular weight is 164 g/mol. The summed E-state index contributed by atoms with van der Waals surface area (Å²) in [5.41, 5.74) is 0.942. The lowest BCUT2D eigenvalue weighted by molar-refractivity contribution is -0.118. The van der Waals surface area contributed by atoms with E-state index in [1.54, 1.807) is 6.92 Å². The Hall–Kier alpha value is -0.920. The van der Waals surface area contributed by atoms with Gasteiger partial charge < -0.3 is 0 Å². The van der Waals surface area contributed by atoms with Crippen molar-refractivity contribution in [3.8, 4) is 0 Å². The Labute approximate surface area is 71.6 Å². The van der Waals surface area contributed by atoms with E-state index in [4.69, 9.17) is 0 Å². The maximum Gasteiger partial charge on any atom is 0.155 e. The molecule has 2 aliphatic carbocycles. The highest BCUT2D eigenvalue weighted by Gasteiger charge is 2.36. The van der Waals surface area contributed by atoms with Crippen LogP contribution in [0.15, 0.2) is 11.6 Å². The lowest BCUT2D eigenvalue weighted by atomic mass is 9.99. The first-order chi connectivity index (χ1) is 5.66. The van der Waals surface area contributed by atoms with E-state index in [-0.39, 0.29) is 5.78 Å². The number of hydrogen-bond acceptors (Lipinski definition) is 2. The molecule has 12 heavy (non-hydrogen) atoms. The van der Waals surface area contributed by atoms with Crippen molar-refractivity contribution in [2.24, 2.45) is 11.8 Å². The molecule has 64 valence electrons. The second kappa shape index (κ2) is 2.54. The van der Waals surface area contributed by atoms with Crippen molar-refractivity contribution in [1.82, 2.24) is 0 Å². The Morgan fingerprint density at radius 3 is 2.75 bits per heavy atom. The Morgan fingerprint density at radius 2 is 2.17 bits per heavy atom. The summed E-state index contributed by atoms with van der Waals surface area (Å²) in [4.78, 5) is 22.0. The predicted octanol–water partition coefficient (Wildman–Crippen LogP) is 1.50. The topological polar surface area (TPSA) is 34.1 Å². The summed E-state index contributed by atoms with van der Waals surface area (Å²) in [5.74, 6) is 1.38. The average Bonchev–Trinajstić information content (AvgIpc) is 2.42. The van der Waals surface area contributed by atoms with Gasteiger partial charge in [-0.2, -0.15) is 0 Å². The molecular formula is C10H12O2. The first-order valence-corrected chi connectivity index (χ1v) is 4.40. The predicted molar refractivity (Wildman–Crippen MR) is 44.6 cm³/mol. The number of carbonyl (C=O) groups excluding carboxylic acids is 2. The van der Waals surface area contributed by atoms with Gasteiger partial charge in [0.15, 0.2) is 5.78 Å². The number of Topliss-reactive ketones (excluding diaryl/α,β-unsaturated/α-hetero) is 2. The van der Waals surface area contributed by atoms with Gasteiger partial charge in [-0.25, -0.2) is 0 Å². The molecule has 0 amide bonds. The molecule has 0 heterocycles. The highest BCUT2D eigenvalue weighted by molar-refractivity contribution is 5.94. The van der Waals surface area contributed by atoms with Gasteiger partial charge in [-0.15, -0.1) is 0 Å². The van der Waals surface area contributed by atoms with Gasteiger partial charge in [0.25, 0.3) is 0 Å². The van der Waals surface area contributed by atoms with E-state index < -0.39 is 0 Å². The standard InChI is InChI=1S/C10H12O2/c1-6(11)7-2-8-4-10(12)5-9(8)3-7/h2,8-9H,3-5H2,1H3/t8-,9+/m1/s1. The molecule has 0 N–H and O–H groups in total. The molecule has 2 rings (SSSR count). The molecule has 2 atom stereocenters. The van der Waals surface area contributed by atoms with Crippen LogP contribution in [0.4, 0.5) is 0 Å². The number of fused-ring (bicyclic) bond motifs is 1. The van der Waals surface area contributed by atoms with E-state index in [0.29, 0.717) is 30.5 Å². The van der Waals surface area contributed by atoms with Crippen molar-refractivity contribution in [1.29, 1.82) is 0 Å². The largest absolute Gasteiger partial charge is 0.300 e. The molecule has 0 spiro atoms. The maximum absolute atomic E-state index is 11.0. The summed E-state index contributed by atoms with van der Waals surface area (Å²) in [5, 5.41) is 0. The van der Waals surface area contributed by atoms with Crippen molar-refractivity contribution in [2.75, 3.05) is 0 Å². The molecule has 0 aliphatic heterocycles. The molecule has 0 radical (unpaired) electrons. The van der Waals surface area contributed by atoms with Gasteiger partial charge in [0, 0.05) is 12.8 Å². The third kappa shape index (κ3) is 1.11. The minimum absolute atomic E-state index is 0.178. The van der Waals surface area contributed by atoms with Crippen molar-refractivity contribution < 1.29 is 9.59 Å². The zero-order chi connectivity index (χ0) is 8.72. The molecule has 2 nitrogen and oxygen atoms in total. The number of rotatable bonds is 1. The first-order valence-electron chi connectivity index (χ1n) is 4.40. The lowest BCUT2D eigenvalue weighted by Gasteiger charge is -2.04. The molecule has 0 saturated heterocycles. The summed E-state index contributed by atoms with van der Waals surface area (Å²) in [6.45, 7) is 1.61. The van der Waals surface area contributed by atoms with Gasteiger partial charge in [0.1, 0.15) is 5.78 Å². The summed E-state index contributed by atoms with van der Waals surface area (Å²) in [6.07, 6.45) is 4.21. The normalized spacial score (nSPS) is 33.4. The van der Waals surface area contributed by atoms with Crippen molar-refractivity contribution in [3.63, 3.8) is 0 Å². The fourth-order valence-corrected chi connectivity index (χ4v) is 2.25. The van der Waals surface area contributed by atoms with E-state index in [1.807, 2.05) is 6.08 Å². The zero-order valence-corrected chi connectivity index (χ0v) is 7.17. The van der Waals surface area contributed by atoms with E-state index >= 15 is 0 Å². The lowest BCUT2D eigenvalue weighted by Crippen LogP contribution is -1.99. The van der Waals surface area contributed by atoms with E-state index in [1.165, 1.54) is 0 Å². The van der Waals surface area contributed by atoms with Gasteiger partial charge in [-0.05, 0) is 30.8 Å². The molecule has 0 unspecified atom stereocenters. The SMILES string of the molecule is CC(=O)C1=C[C@@H]2CC(=O)C[C@@H]2C1. The van der Waals surface area contributed by atoms with Gasteiger partial charge in [0.2, 0.25) is 0 Å².